The quantitative estimate of drug-likeness (QED) is 0.874. The molecule has 1 saturated carbocycles. The molecule has 0 aliphatic heterocycles. The number of anilines is 1. The summed E-state index contributed by atoms with van der Waals surface area (Å²) in [6, 6.07) is 0.509. The fourth-order valence-electron chi connectivity index (χ4n) is 2.87. The minimum atomic E-state index is 0.206. The van der Waals surface area contributed by atoms with Crippen molar-refractivity contribution >= 4 is 5.95 Å². The molecule has 5 nitrogen and oxygen atoms in total. The average Bonchev–Trinajstić information content (AvgIpc) is 2.70. The SMILES string of the molecule is COC1CC(NCc2cnc(N(C)C)n2C)C1(C)C. The van der Waals surface area contributed by atoms with Gasteiger partial charge in [-0.3, -0.25) is 0 Å². The van der Waals surface area contributed by atoms with E-state index in [1.54, 1.807) is 7.11 Å². The number of hydrogen-bond donors (Lipinski definition) is 1. The molecule has 1 aromatic rings. The van der Waals surface area contributed by atoms with E-state index in [1.165, 1.54) is 5.69 Å². The van der Waals surface area contributed by atoms with Crippen LogP contribution in [0.2, 0.25) is 0 Å². The van der Waals surface area contributed by atoms with Gasteiger partial charge in [-0.15, -0.1) is 0 Å². The van der Waals surface area contributed by atoms with Crippen molar-refractivity contribution in [1.29, 1.82) is 0 Å². The fourth-order valence-corrected chi connectivity index (χ4v) is 2.87. The van der Waals surface area contributed by atoms with E-state index < -0.39 is 0 Å². The Kier molecular flexibility index (Phi) is 3.87. The first-order chi connectivity index (χ1) is 8.87. The van der Waals surface area contributed by atoms with Gasteiger partial charge in [-0.05, 0) is 6.42 Å². The van der Waals surface area contributed by atoms with E-state index in [1.807, 2.05) is 25.2 Å². The van der Waals surface area contributed by atoms with Crippen LogP contribution in [0, 0.1) is 5.41 Å². The van der Waals surface area contributed by atoms with Crippen LogP contribution in [-0.2, 0) is 18.3 Å². The highest BCUT2D eigenvalue weighted by Gasteiger charge is 2.48. The van der Waals surface area contributed by atoms with Gasteiger partial charge >= 0.3 is 0 Å². The molecule has 0 saturated heterocycles. The molecule has 0 radical (unpaired) electrons. The van der Waals surface area contributed by atoms with Crippen molar-refractivity contribution in [3.63, 3.8) is 0 Å². The Morgan fingerprint density at radius 2 is 2.21 bits per heavy atom. The number of ether oxygens (including phenoxy) is 1. The Balaban J connectivity index is 1.94. The Labute approximate surface area is 116 Å². The summed E-state index contributed by atoms with van der Waals surface area (Å²) in [7, 11) is 7.88. The van der Waals surface area contributed by atoms with Crippen LogP contribution in [0.4, 0.5) is 5.95 Å². The highest BCUT2D eigenvalue weighted by Crippen LogP contribution is 2.42. The van der Waals surface area contributed by atoms with E-state index in [2.05, 4.69) is 35.8 Å². The van der Waals surface area contributed by atoms with E-state index in [9.17, 15) is 0 Å². The van der Waals surface area contributed by atoms with Crippen LogP contribution in [0.3, 0.4) is 0 Å². The Morgan fingerprint density at radius 1 is 1.53 bits per heavy atom. The second-order valence-corrected chi connectivity index (χ2v) is 6.22. The summed E-state index contributed by atoms with van der Waals surface area (Å²) >= 11 is 0. The van der Waals surface area contributed by atoms with Crippen LogP contribution in [0.5, 0.6) is 0 Å². The number of rotatable bonds is 5. The summed E-state index contributed by atoms with van der Waals surface area (Å²) in [6.07, 6.45) is 3.40. The first-order valence-electron chi connectivity index (χ1n) is 6.82. The maximum atomic E-state index is 5.48. The predicted octanol–water partition coefficient (Wildman–Crippen LogP) is 1.39. The van der Waals surface area contributed by atoms with Crippen molar-refractivity contribution in [3.05, 3.63) is 11.9 Å². The van der Waals surface area contributed by atoms with Crippen LogP contribution in [-0.4, -0.2) is 42.9 Å². The Bertz CT molecular complexity index is 439. The van der Waals surface area contributed by atoms with Gasteiger partial charge in [0.2, 0.25) is 5.95 Å². The van der Waals surface area contributed by atoms with Crippen molar-refractivity contribution in [2.24, 2.45) is 12.5 Å². The van der Waals surface area contributed by atoms with Gasteiger partial charge in [0.05, 0.1) is 18.0 Å². The number of imidazole rings is 1. The van der Waals surface area contributed by atoms with Crippen LogP contribution in [0.25, 0.3) is 0 Å². The number of nitrogens with one attached hydrogen (secondary N) is 1. The molecular weight excluding hydrogens is 240 g/mol. The molecule has 2 rings (SSSR count). The lowest BCUT2D eigenvalue weighted by Crippen LogP contribution is -2.60. The zero-order valence-electron chi connectivity index (χ0n) is 12.9. The third-order valence-corrected chi connectivity index (χ3v) is 4.45. The van der Waals surface area contributed by atoms with Gasteiger partial charge in [-0.25, -0.2) is 4.98 Å². The predicted molar refractivity (Wildman–Crippen MR) is 77.4 cm³/mol. The molecule has 108 valence electrons. The smallest absolute Gasteiger partial charge is 0.204 e. The first kappa shape index (κ1) is 14.3. The number of nitrogens with zero attached hydrogens (tertiary/aromatic N) is 3. The summed E-state index contributed by atoms with van der Waals surface area (Å²) in [6.45, 7) is 5.37. The van der Waals surface area contributed by atoms with Crippen molar-refractivity contribution in [3.8, 4) is 0 Å². The molecule has 1 N–H and O–H groups in total. The molecule has 0 aromatic carbocycles. The molecule has 1 aliphatic carbocycles. The monoisotopic (exact) mass is 266 g/mol. The molecule has 2 unspecified atom stereocenters. The zero-order valence-corrected chi connectivity index (χ0v) is 12.9. The van der Waals surface area contributed by atoms with Crippen molar-refractivity contribution in [2.75, 3.05) is 26.1 Å². The highest BCUT2D eigenvalue weighted by atomic mass is 16.5. The van der Waals surface area contributed by atoms with E-state index >= 15 is 0 Å². The molecule has 0 spiro atoms. The van der Waals surface area contributed by atoms with E-state index in [0.717, 1.165) is 18.9 Å². The molecule has 0 amide bonds. The molecule has 2 atom stereocenters. The van der Waals surface area contributed by atoms with Gasteiger partial charge in [0, 0.05) is 46.3 Å². The molecule has 5 heteroatoms. The van der Waals surface area contributed by atoms with Gasteiger partial charge in [0.15, 0.2) is 0 Å². The summed E-state index contributed by atoms with van der Waals surface area (Å²) in [5.41, 5.74) is 1.41. The van der Waals surface area contributed by atoms with E-state index in [0.29, 0.717) is 12.1 Å². The zero-order chi connectivity index (χ0) is 14.2. The van der Waals surface area contributed by atoms with Crippen LogP contribution < -0.4 is 10.2 Å². The van der Waals surface area contributed by atoms with Crippen LogP contribution in [0.1, 0.15) is 26.0 Å². The molecule has 1 heterocycles. The minimum Gasteiger partial charge on any atom is -0.381 e. The highest BCUT2D eigenvalue weighted by molar-refractivity contribution is 5.31. The molecule has 1 fully saturated rings. The van der Waals surface area contributed by atoms with Crippen molar-refractivity contribution < 1.29 is 4.74 Å². The minimum absolute atomic E-state index is 0.206. The van der Waals surface area contributed by atoms with Crippen molar-refractivity contribution in [2.45, 2.75) is 39.0 Å². The molecule has 19 heavy (non-hydrogen) atoms. The largest absolute Gasteiger partial charge is 0.381 e. The van der Waals surface area contributed by atoms with E-state index in [-0.39, 0.29) is 5.41 Å². The number of methoxy groups -OCH3 is 1. The second kappa shape index (κ2) is 5.13. The van der Waals surface area contributed by atoms with Gasteiger partial charge in [0.25, 0.3) is 0 Å². The summed E-state index contributed by atoms with van der Waals surface area (Å²) in [5, 5.41) is 3.62. The lowest BCUT2D eigenvalue weighted by Gasteiger charge is -2.51. The summed E-state index contributed by atoms with van der Waals surface area (Å²) in [4.78, 5) is 6.45. The lowest BCUT2D eigenvalue weighted by molar-refractivity contribution is -0.0980. The van der Waals surface area contributed by atoms with Crippen LogP contribution in [0.15, 0.2) is 6.20 Å². The topological polar surface area (TPSA) is 42.3 Å². The van der Waals surface area contributed by atoms with Crippen LogP contribution >= 0.6 is 0 Å². The normalized spacial score (nSPS) is 25.2. The fraction of sp³-hybridized carbons (Fsp3) is 0.786. The van der Waals surface area contributed by atoms with Crippen molar-refractivity contribution in [1.82, 2.24) is 14.9 Å². The summed E-state index contributed by atoms with van der Waals surface area (Å²) < 4.78 is 7.61. The summed E-state index contributed by atoms with van der Waals surface area (Å²) in [5.74, 6) is 0.986. The van der Waals surface area contributed by atoms with Gasteiger partial charge < -0.3 is 19.5 Å². The molecule has 1 aliphatic rings. The van der Waals surface area contributed by atoms with Gasteiger partial charge in [0.1, 0.15) is 0 Å². The molecular formula is C14H26N4O. The Hall–Kier alpha value is -1.07. The first-order valence-corrected chi connectivity index (χ1v) is 6.82. The van der Waals surface area contributed by atoms with Gasteiger partial charge in [-0.2, -0.15) is 0 Å². The lowest BCUT2D eigenvalue weighted by atomic mass is 9.64. The standard InChI is InChI=1S/C14H26N4O/c1-14(2)11(7-12(14)19-6)15-8-10-9-16-13(17(3)4)18(10)5/h9,11-12,15H,7-8H2,1-6H3. The third-order valence-electron chi connectivity index (χ3n) is 4.45. The number of aromatic nitrogens is 2. The maximum Gasteiger partial charge on any atom is 0.204 e. The third kappa shape index (κ3) is 2.49. The average molecular weight is 266 g/mol. The van der Waals surface area contributed by atoms with Gasteiger partial charge in [-0.1, -0.05) is 13.8 Å². The second-order valence-electron chi connectivity index (χ2n) is 6.22. The van der Waals surface area contributed by atoms with E-state index in [4.69, 9.17) is 4.74 Å². The molecule has 0 bridgehead atoms. The Morgan fingerprint density at radius 3 is 2.68 bits per heavy atom. The maximum absolute atomic E-state index is 5.48. The molecule has 1 aromatic heterocycles. The number of hydrogen-bond acceptors (Lipinski definition) is 4.